The average molecular weight is 183 g/mol. The number of nitrogens with one attached hydrogen (secondary N) is 1. The zero-order valence-corrected chi connectivity index (χ0v) is 7.74. The van der Waals surface area contributed by atoms with Crippen molar-refractivity contribution in [3.05, 3.63) is 17.5 Å². The van der Waals surface area contributed by atoms with Gasteiger partial charge >= 0.3 is 5.97 Å². The highest BCUT2D eigenvalue weighted by molar-refractivity contribution is 5.87. The molecule has 1 rings (SSSR count). The standard InChI is InChI=1S/C8H13N3O2/c1-3-11-7(8(12)13)6(4-9-2)5-10-11/h5,9H,3-4H2,1-2H3,(H,12,13). The third-order valence-electron chi connectivity index (χ3n) is 1.78. The molecule has 0 amide bonds. The van der Waals surface area contributed by atoms with Crippen molar-refractivity contribution in [3.63, 3.8) is 0 Å². The molecule has 0 aliphatic heterocycles. The maximum absolute atomic E-state index is 10.8. The van der Waals surface area contributed by atoms with Crippen LogP contribution in [0.15, 0.2) is 6.20 Å². The van der Waals surface area contributed by atoms with E-state index in [0.29, 0.717) is 13.1 Å². The third kappa shape index (κ3) is 1.86. The predicted octanol–water partition coefficient (Wildman–Crippen LogP) is 0.321. The highest BCUT2D eigenvalue weighted by Gasteiger charge is 2.15. The van der Waals surface area contributed by atoms with E-state index in [1.807, 2.05) is 6.92 Å². The minimum atomic E-state index is -0.926. The van der Waals surface area contributed by atoms with Gasteiger partial charge in [0, 0.05) is 18.7 Å². The number of nitrogens with zero attached hydrogens (tertiary/aromatic N) is 2. The van der Waals surface area contributed by atoms with Gasteiger partial charge in [-0.3, -0.25) is 4.68 Å². The number of aromatic carboxylic acids is 1. The second kappa shape index (κ2) is 4.04. The Hall–Kier alpha value is -1.36. The van der Waals surface area contributed by atoms with E-state index in [1.165, 1.54) is 4.68 Å². The largest absolute Gasteiger partial charge is 0.477 e. The maximum Gasteiger partial charge on any atom is 0.354 e. The van der Waals surface area contributed by atoms with Crippen LogP contribution in [-0.4, -0.2) is 27.9 Å². The van der Waals surface area contributed by atoms with Crippen molar-refractivity contribution in [2.24, 2.45) is 0 Å². The Kier molecular flexibility index (Phi) is 3.02. The van der Waals surface area contributed by atoms with Crippen molar-refractivity contribution < 1.29 is 9.90 Å². The van der Waals surface area contributed by atoms with Crippen LogP contribution in [0.2, 0.25) is 0 Å². The third-order valence-corrected chi connectivity index (χ3v) is 1.78. The molecule has 0 aliphatic rings. The lowest BCUT2D eigenvalue weighted by Crippen LogP contribution is -2.13. The van der Waals surface area contributed by atoms with E-state index >= 15 is 0 Å². The summed E-state index contributed by atoms with van der Waals surface area (Å²) in [6, 6.07) is 0. The van der Waals surface area contributed by atoms with Gasteiger partial charge in [0.05, 0.1) is 6.20 Å². The van der Waals surface area contributed by atoms with Gasteiger partial charge in [0.15, 0.2) is 5.69 Å². The lowest BCUT2D eigenvalue weighted by Gasteiger charge is -2.01. The fourth-order valence-corrected chi connectivity index (χ4v) is 1.23. The molecule has 0 bridgehead atoms. The molecule has 0 aromatic carbocycles. The summed E-state index contributed by atoms with van der Waals surface area (Å²) in [4.78, 5) is 10.8. The normalized spacial score (nSPS) is 10.3. The van der Waals surface area contributed by atoms with Gasteiger partial charge in [0.1, 0.15) is 0 Å². The molecular weight excluding hydrogens is 170 g/mol. The molecule has 72 valence electrons. The zero-order chi connectivity index (χ0) is 9.84. The van der Waals surface area contributed by atoms with Crippen molar-refractivity contribution in [3.8, 4) is 0 Å². The first-order valence-electron chi connectivity index (χ1n) is 4.13. The molecule has 2 N–H and O–H groups in total. The van der Waals surface area contributed by atoms with Crippen molar-refractivity contribution in [2.75, 3.05) is 7.05 Å². The topological polar surface area (TPSA) is 67.2 Å². The van der Waals surface area contributed by atoms with Crippen LogP contribution in [0.5, 0.6) is 0 Å². The lowest BCUT2D eigenvalue weighted by molar-refractivity contribution is 0.0682. The number of hydrogen-bond donors (Lipinski definition) is 2. The van der Waals surface area contributed by atoms with Gasteiger partial charge in [-0.2, -0.15) is 5.10 Å². The van der Waals surface area contributed by atoms with Crippen LogP contribution >= 0.6 is 0 Å². The van der Waals surface area contributed by atoms with Gasteiger partial charge < -0.3 is 10.4 Å². The van der Waals surface area contributed by atoms with Gasteiger partial charge in [-0.25, -0.2) is 4.79 Å². The number of carboxylic acid groups (broad SMARTS) is 1. The smallest absolute Gasteiger partial charge is 0.354 e. The number of rotatable bonds is 4. The summed E-state index contributed by atoms with van der Waals surface area (Å²) < 4.78 is 1.48. The summed E-state index contributed by atoms with van der Waals surface area (Å²) in [6.07, 6.45) is 1.59. The zero-order valence-electron chi connectivity index (χ0n) is 7.74. The Morgan fingerprint density at radius 1 is 1.77 bits per heavy atom. The molecule has 0 aliphatic carbocycles. The molecule has 1 aromatic heterocycles. The minimum Gasteiger partial charge on any atom is -0.477 e. The van der Waals surface area contributed by atoms with Gasteiger partial charge in [0.25, 0.3) is 0 Å². The molecule has 5 nitrogen and oxygen atoms in total. The number of hydrogen-bond acceptors (Lipinski definition) is 3. The average Bonchev–Trinajstić information content (AvgIpc) is 2.48. The van der Waals surface area contributed by atoms with Crippen LogP contribution in [0.1, 0.15) is 23.0 Å². The quantitative estimate of drug-likeness (QED) is 0.705. The Balaban J connectivity index is 3.06. The highest BCUT2D eigenvalue weighted by Crippen LogP contribution is 2.08. The summed E-state index contributed by atoms with van der Waals surface area (Å²) in [7, 11) is 1.77. The van der Waals surface area contributed by atoms with Crippen LogP contribution in [0.3, 0.4) is 0 Å². The number of aryl methyl sites for hydroxylation is 1. The molecule has 0 fully saturated rings. The molecule has 0 saturated heterocycles. The van der Waals surface area contributed by atoms with Crippen molar-refractivity contribution in [1.29, 1.82) is 0 Å². The molecule has 5 heteroatoms. The Morgan fingerprint density at radius 2 is 2.46 bits per heavy atom. The van der Waals surface area contributed by atoms with E-state index in [-0.39, 0.29) is 5.69 Å². The van der Waals surface area contributed by atoms with Crippen molar-refractivity contribution >= 4 is 5.97 Å². The second-order valence-electron chi connectivity index (χ2n) is 2.67. The Morgan fingerprint density at radius 3 is 2.92 bits per heavy atom. The van der Waals surface area contributed by atoms with E-state index in [0.717, 1.165) is 5.56 Å². The fourth-order valence-electron chi connectivity index (χ4n) is 1.23. The Bertz CT molecular complexity index is 306. The summed E-state index contributed by atoms with van der Waals surface area (Å²) in [6.45, 7) is 2.97. The molecule has 0 radical (unpaired) electrons. The lowest BCUT2D eigenvalue weighted by atomic mass is 10.2. The predicted molar refractivity (Wildman–Crippen MR) is 47.6 cm³/mol. The highest BCUT2D eigenvalue weighted by atomic mass is 16.4. The molecule has 0 unspecified atom stereocenters. The first-order chi connectivity index (χ1) is 6.20. The molecule has 1 heterocycles. The number of carbonyl (C=O) groups is 1. The minimum absolute atomic E-state index is 0.275. The van der Waals surface area contributed by atoms with E-state index in [9.17, 15) is 4.79 Å². The molecule has 0 atom stereocenters. The van der Waals surface area contributed by atoms with Crippen LogP contribution in [0, 0.1) is 0 Å². The van der Waals surface area contributed by atoms with E-state index in [1.54, 1.807) is 13.2 Å². The summed E-state index contributed by atoms with van der Waals surface area (Å²) in [5, 5.41) is 15.8. The summed E-state index contributed by atoms with van der Waals surface area (Å²) in [5.41, 5.74) is 0.994. The van der Waals surface area contributed by atoms with Gasteiger partial charge in [-0.1, -0.05) is 0 Å². The van der Waals surface area contributed by atoms with E-state index < -0.39 is 5.97 Å². The first-order valence-corrected chi connectivity index (χ1v) is 4.13. The van der Waals surface area contributed by atoms with Crippen LogP contribution in [0.25, 0.3) is 0 Å². The molecular formula is C8H13N3O2. The fraction of sp³-hybridized carbons (Fsp3) is 0.500. The SMILES string of the molecule is CCn1ncc(CNC)c1C(=O)O. The van der Waals surface area contributed by atoms with Crippen LogP contribution < -0.4 is 5.32 Å². The van der Waals surface area contributed by atoms with Crippen LogP contribution in [0.4, 0.5) is 0 Å². The first kappa shape index (κ1) is 9.73. The van der Waals surface area contributed by atoms with E-state index in [2.05, 4.69) is 10.4 Å². The molecule has 1 aromatic rings. The Labute approximate surface area is 76.4 Å². The molecule has 0 saturated carbocycles. The number of aromatic nitrogens is 2. The second-order valence-corrected chi connectivity index (χ2v) is 2.67. The monoisotopic (exact) mass is 183 g/mol. The maximum atomic E-state index is 10.8. The van der Waals surface area contributed by atoms with Gasteiger partial charge in [0.2, 0.25) is 0 Å². The number of carboxylic acids is 1. The van der Waals surface area contributed by atoms with Crippen molar-refractivity contribution in [1.82, 2.24) is 15.1 Å². The summed E-state index contributed by atoms with van der Waals surface area (Å²) >= 11 is 0. The van der Waals surface area contributed by atoms with Crippen LogP contribution in [-0.2, 0) is 13.1 Å². The van der Waals surface area contributed by atoms with Gasteiger partial charge in [-0.15, -0.1) is 0 Å². The van der Waals surface area contributed by atoms with Gasteiger partial charge in [-0.05, 0) is 14.0 Å². The molecule has 0 spiro atoms. The summed E-state index contributed by atoms with van der Waals surface area (Å²) in [5.74, 6) is -0.926. The van der Waals surface area contributed by atoms with Crippen molar-refractivity contribution in [2.45, 2.75) is 20.0 Å². The molecule has 13 heavy (non-hydrogen) atoms. The van der Waals surface area contributed by atoms with E-state index in [4.69, 9.17) is 5.11 Å².